The van der Waals surface area contributed by atoms with Crippen LogP contribution in [0.5, 0.6) is 5.75 Å². The fourth-order valence-electron chi connectivity index (χ4n) is 2.83. The lowest BCUT2D eigenvalue weighted by atomic mass is 10.1. The average Bonchev–Trinajstić information content (AvgIpc) is 3.06. The molecule has 0 aliphatic heterocycles. The zero-order chi connectivity index (χ0) is 17.8. The third-order valence-corrected chi connectivity index (χ3v) is 4.21. The molecule has 0 aliphatic rings. The van der Waals surface area contributed by atoms with Crippen molar-refractivity contribution in [2.75, 3.05) is 18.0 Å². The molecule has 0 saturated heterocycles. The number of para-hydroxylation sites is 2. The van der Waals surface area contributed by atoms with Gasteiger partial charge in [-0.15, -0.1) is 0 Å². The molecule has 5 nitrogen and oxygen atoms in total. The lowest BCUT2D eigenvalue weighted by Gasteiger charge is -2.21. The number of nitrogens with zero attached hydrogens (tertiary/aromatic N) is 3. The van der Waals surface area contributed by atoms with Gasteiger partial charge in [-0.05, 0) is 44.2 Å². The fraction of sp³-hybridized carbons (Fsp3) is 0.200. The molecule has 0 aliphatic carbocycles. The zero-order valence-corrected chi connectivity index (χ0v) is 14.3. The second-order valence-corrected chi connectivity index (χ2v) is 5.69. The van der Waals surface area contributed by atoms with Crippen LogP contribution in [0.25, 0.3) is 22.7 Å². The Kier molecular flexibility index (Phi) is 4.71. The first kappa shape index (κ1) is 16.6. The molecule has 0 unspecified atom stereocenters. The van der Waals surface area contributed by atoms with Gasteiger partial charge < -0.3 is 15.0 Å². The van der Waals surface area contributed by atoms with Crippen molar-refractivity contribution in [1.82, 2.24) is 9.97 Å². The van der Waals surface area contributed by atoms with Crippen molar-refractivity contribution >= 4 is 28.4 Å². The Hall–Kier alpha value is -3.26. The number of anilines is 1. The van der Waals surface area contributed by atoms with E-state index in [1.807, 2.05) is 36.4 Å². The molecular weight excluding hydrogens is 312 g/mol. The highest BCUT2D eigenvalue weighted by Gasteiger charge is 2.10. The molecule has 0 fully saturated rings. The summed E-state index contributed by atoms with van der Waals surface area (Å²) in [6, 6.07) is 15.3. The Labute approximate surface area is 146 Å². The molecule has 3 aromatic rings. The van der Waals surface area contributed by atoms with Crippen LogP contribution in [0.1, 0.15) is 25.2 Å². The summed E-state index contributed by atoms with van der Waals surface area (Å²) in [5.41, 5.74) is 3.61. The molecule has 0 radical (unpaired) electrons. The molecule has 25 heavy (non-hydrogen) atoms. The second-order valence-electron chi connectivity index (χ2n) is 5.69. The second kappa shape index (κ2) is 7.10. The van der Waals surface area contributed by atoms with Crippen molar-refractivity contribution in [3.8, 4) is 11.8 Å². The van der Waals surface area contributed by atoms with Gasteiger partial charge >= 0.3 is 0 Å². The number of hydrogen-bond acceptors (Lipinski definition) is 4. The Balaban J connectivity index is 1.98. The van der Waals surface area contributed by atoms with Crippen LogP contribution in [0.2, 0.25) is 0 Å². The summed E-state index contributed by atoms with van der Waals surface area (Å²) in [7, 11) is 0. The van der Waals surface area contributed by atoms with Crippen molar-refractivity contribution < 1.29 is 5.11 Å². The summed E-state index contributed by atoms with van der Waals surface area (Å²) in [4.78, 5) is 9.74. The monoisotopic (exact) mass is 332 g/mol. The molecule has 3 rings (SSSR count). The van der Waals surface area contributed by atoms with Gasteiger partial charge in [0.1, 0.15) is 17.6 Å². The highest BCUT2D eigenvalue weighted by atomic mass is 16.3. The molecule has 1 aromatic heterocycles. The molecule has 2 aromatic carbocycles. The molecule has 0 bridgehead atoms. The molecule has 0 saturated carbocycles. The number of phenols is 1. The van der Waals surface area contributed by atoms with Crippen molar-refractivity contribution in [2.45, 2.75) is 13.8 Å². The van der Waals surface area contributed by atoms with Crippen LogP contribution in [0.4, 0.5) is 5.69 Å². The van der Waals surface area contributed by atoms with Gasteiger partial charge in [0.15, 0.2) is 0 Å². The lowest BCUT2D eigenvalue weighted by Crippen LogP contribution is -2.21. The number of fused-ring (bicyclic) bond motifs is 1. The number of aromatic nitrogens is 2. The number of nitrogens with one attached hydrogen (secondary N) is 1. The number of hydrogen-bond donors (Lipinski definition) is 2. The Morgan fingerprint density at radius 1 is 1.24 bits per heavy atom. The van der Waals surface area contributed by atoms with Gasteiger partial charge in [0, 0.05) is 30.4 Å². The Bertz CT molecular complexity index is 928. The first-order chi connectivity index (χ1) is 12.2. The Morgan fingerprint density at radius 3 is 2.64 bits per heavy atom. The number of phenolic OH excluding ortho intramolecular Hbond substituents is 1. The summed E-state index contributed by atoms with van der Waals surface area (Å²) in [5.74, 6) is 0.643. The standard InChI is InChI=1S/C20H20N4O/c1-3-24(4-2)16-10-9-14(19(25)12-16)11-15(13-21)20-22-17-7-5-6-8-18(17)23-20/h5-12,25H,3-4H2,1-2H3,(H,22,23)/b15-11+. The number of rotatable bonds is 5. The SMILES string of the molecule is CCN(CC)c1ccc(/C=C(\C#N)c2nc3ccccc3[nH]2)c(O)c1. The van der Waals surface area contributed by atoms with Gasteiger partial charge in [-0.25, -0.2) is 4.98 Å². The minimum atomic E-state index is 0.147. The van der Waals surface area contributed by atoms with Gasteiger partial charge in [0.25, 0.3) is 0 Å². The van der Waals surface area contributed by atoms with E-state index in [9.17, 15) is 10.4 Å². The van der Waals surface area contributed by atoms with Gasteiger partial charge in [-0.2, -0.15) is 5.26 Å². The van der Waals surface area contributed by atoms with Crippen LogP contribution in [0.3, 0.4) is 0 Å². The van der Waals surface area contributed by atoms with Crippen LogP contribution in [-0.2, 0) is 0 Å². The number of benzene rings is 2. The van der Waals surface area contributed by atoms with Crippen LogP contribution in [0, 0.1) is 11.3 Å². The number of aromatic amines is 1. The van der Waals surface area contributed by atoms with Crippen molar-refractivity contribution in [3.05, 3.63) is 53.9 Å². The first-order valence-corrected chi connectivity index (χ1v) is 8.31. The summed E-state index contributed by atoms with van der Waals surface area (Å²) < 4.78 is 0. The predicted octanol–water partition coefficient (Wildman–Crippen LogP) is 4.18. The molecule has 2 N–H and O–H groups in total. The lowest BCUT2D eigenvalue weighted by molar-refractivity contribution is 0.474. The highest BCUT2D eigenvalue weighted by molar-refractivity contribution is 5.91. The van der Waals surface area contributed by atoms with E-state index in [0.29, 0.717) is 17.0 Å². The smallest absolute Gasteiger partial charge is 0.149 e. The van der Waals surface area contributed by atoms with E-state index in [2.05, 4.69) is 34.8 Å². The van der Waals surface area contributed by atoms with E-state index >= 15 is 0 Å². The zero-order valence-electron chi connectivity index (χ0n) is 14.3. The number of H-pyrrole nitrogens is 1. The largest absolute Gasteiger partial charge is 0.507 e. The quantitative estimate of drug-likeness (QED) is 0.687. The van der Waals surface area contributed by atoms with E-state index in [1.54, 1.807) is 12.1 Å². The normalized spacial score (nSPS) is 11.5. The summed E-state index contributed by atoms with van der Waals surface area (Å²) >= 11 is 0. The molecule has 0 atom stereocenters. The maximum absolute atomic E-state index is 10.4. The minimum Gasteiger partial charge on any atom is -0.507 e. The third-order valence-electron chi connectivity index (χ3n) is 4.21. The van der Waals surface area contributed by atoms with Crippen molar-refractivity contribution in [3.63, 3.8) is 0 Å². The number of aromatic hydroxyl groups is 1. The molecule has 0 spiro atoms. The van der Waals surface area contributed by atoms with Gasteiger partial charge in [-0.1, -0.05) is 12.1 Å². The summed E-state index contributed by atoms with van der Waals surface area (Å²) in [6.45, 7) is 5.88. The van der Waals surface area contributed by atoms with Gasteiger partial charge in [-0.3, -0.25) is 0 Å². The highest BCUT2D eigenvalue weighted by Crippen LogP contribution is 2.28. The van der Waals surface area contributed by atoms with Crippen LogP contribution in [-0.4, -0.2) is 28.2 Å². The molecular formula is C20H20N4O. The van der Waals surface area contributed by atoms with E-state index in [-0.39, 0.29) is 5.75 Å². The van der Waals surface area contributed by atoms with Crippen LogP contribution < -0.4 is 4.90 Å². The maximum Gasteiger partial charge on any atom is 0.149 e. The van der Waals surface area contributed by atoms with Gasteiger partial charge in [0.2, 0.25) is 0 Å². The van der Waals surface area contributed by atoms with E-state index in [4.69, 9.17) is 0 Å². The summed E-state index contributed by atoms with van der Waals surface area (Å²) in [5, 5.41) is 19.9. The fourth-order valence-corrected chi connectivity index (χ4v) is 2.83. The number of nitriles is 1. The minimum absolute atomic E-state index is 0.147. The molecule has 1 heterocycles. The van der Waals surface area contributed by atoms with E-state index in [1.165, 1.54) is 0 Å². The predicted molar refractivity (Wildman–Crippen MR) is 101 cm³/mol. The number of allylic oxidation sites excluding steroid dienone is 1. The average molecular weight is 332 g/mol. The van der Waals surface area contributed by atoms with E-state index < -0.39 is 0 Å². The first-order valence-electron chi connectivity index (χ1n) is 8.31. The Morgan fingerprint density at radius 2 is 2.00 bits per heavy atom. The maximum atomic E-state index is 10.4. The number of imidazole rings is 1. The summed E-state index contributed by atoms with van der Waals surface area (Å²) in [6.07, 6.45) is 1.65. The molecule has 126 valence electrons. The van der Waals surface area contributed by atoms with E-state index in [0.717, 1.165) is 29.8 Å². The van der Waals surface area contributed by atoms with Crippen molar-refractivity contribution in [2.24, 2.45) is 0 Å². The molecule has 0 amide bonds. The van der Waals surface area contributed by atoms with Crippen LogP contribution >= 0.6 is 0 Å². The topological polar surface area (TPSA) is 75.9 Å². The van der Waals surface area contributed by atoms with Crippen molar-refractivity contribution in [1.29, 1.82) is 5.26 Å². The van der Waals surface area contributed by atoms with Gasteiger partial charge in [0.05, 0.1) is 16.6 Å². The molecule has 5 heteroatoms. The van der Waals surface area contributed by atoms with Crippen LogP contribution in [0.15, 0.2) is 42.5 Å². The third kappa shape index (κ3) is 3.33.